The minimum Gasteiger partial charge on any atom is -0.453 e. The molecular formula is C17H18FN3O4. The fourth-order valence-electron chi connectivity index (χ4n) is 2.79. The van der Waals surface area contributed by atoms with E-state index in [1.807, 2.05) is 0 Å². The first-order chi connectivity index (χ1) is 12.1. The van der Waals surface area contributed by atoms with Gasteiger partial charge >= 0.3 is 6.09 Å². The van der Waals surface area contributed by atoms with Crippen LogP contribution >= 0.6 is 0 Å². The predicted octanol–water partition coefficient (Wildman–Crippen LogP) is 3.51. The van der Waals surface area contributed by atoms with E-state index in [4.69, 9.17) is 4.52 Å². The normalized spacial score (nSPS) is 13.5. The Labute approximate surface area is 143 Å². The molecule has 0 bridgehead atoms. The molecule has 1 heterocycles. The van der Waals surface area contributed by atoms with Crippen LogP contribution in [0.2, 0.25) is 0 Å². The van der Waals surface area contributed by atoms with E-state index in [2.05, 4.69) is 20.5 Å². The zero-order valence-electron chi connectivity index (χ0n) is 13.7. The van der Waals surface area contributed by atoms with Crippen LogP contribution in [0.15, 0.2) is 22.7 Å². The molecule has 1 aliphatic carbocycles. The summed E-state index contributed by atoms with van der Waals surface area (Å²) in [5.74, 6) is -0.309. The molecule has 0 saturated heterocycles. The number of fused-ring (bicyclic) bond motifs is 1. The standard InChI is InChI=1S/C17H18FN3O4/c1-24-17(23)20-13-9-10(7-8-12(13)18)19-16(22)15-11-5-3-2-4-6-14(11)25-21-15/h7-9H,2-6H2,1H3,(H,19,22)(H,20,23). The second kappa shape index (κ2) is 7.33. The van der Waals surface area contributed by atoms with Crippen molar-refractivity contribution < 1.29 is 23.2 Å². The molecule has 2 amide bonds. The van der Waals surface area contributed by atoms with E-state index >= 15 is 0 Å². The van der Waals surface area contributed by atoms with E-state index in [9.17, 15) is 14.0 Å². The van der Waals surface area contributed by atoms with Gasteiger partial charge in [-0.3, -0.25) is 10.1 Å². The molecule has 1 aliphatic rings. The molecule has 8 heteroatoms. The predicted molar refractivity (Wildman–Crippen MR) is 88.1 cm³/mol. The van der Waals surface area contributed by atoms with E-state index in [0.29, 0.717) is 5.69 Å². The van der Waals surface area contributed by atoms with Gasteiger partial charge < -0.3 is 14.6 Å². The van der Waals surface area contributed by atoms with Crippen LogP contribution in [0, 0.1) is 5.82 Å². The summed E-state index contributed by atoms with van der Waals surface area (Å²) in [6.45, 7) is 0. The van der Waals surface area contributed by atoms with Gasteiger partial charge in [-0.15, -0.1) is 0 Å². The molecule has 2 aromatic rings. The summed E-state index contributed by atoms with van der Waals surface area (Å²) in [6, 6.07) is 3.85. The third kappa shape index (κ3) is 3.78. The second-order valence-corrected chi connectivity index (χ2v) is 5.76. The number of rotatable bonds is 3. The molecule has 0 unspecified atom stereocenters. The van der Waals surface area contributed by atoms with E-state index in [0.717, 1.165) is 49.5 Å². The fourth-order valence-corrected chi connectivity index (χ4v) is 2.79. The first-order valence-corrected chi connectivity index (χ1v) is 8.02. The van der Waals surface area contributed by atoms with Crippen molar-refractivity contribution in [2.75, 3.05) is 17.7 Å². The number of carbonyl (C=O) groups excluding carboxylic acids is 2. The summed E-state index contributed by atoms with van der Waals surface area (Å²) in [5, 5.41) is 8.78. The monoisotopic (exact) mass is 347 g/mol. The molecule has 0 radical (unpaired) electrons. The Bertz CT molecular complexity index is 803. The Kier molecular flexibility index (Phi) is 4.97. The van der Waals surface area contributed by atoms with Crippen LogP contribution in [0.1, 0.15) is 41.1 Å². The number of amides is 2. The lowest BCUT2D eigenvalue weighted by Gasteiger charge is -2.09. The molecule has 7 nitrogen and oxygen atoms in total. The van der Waals surface area contributed by atoms with Crippen molar-refractivity contribution in [2.24, 2.45) is 0 Å². The zero-order chi connectivity index (χ0) is 17.8. The Morgan fingerprint density at radius 3 is 2.80 bits per heavy atom. The summed E-state index contributed by atoms with van der Waals surface area (Å²) in [7, 11) is 1.18. The number of ether oxygens (including phenoxy) is 1. The van der Waals surface area contributed by atoms with Crippen molar-refractivity contribution in [3.63, 3.8) is 0 Å². The number of benzene rings is 1. The number of hydrogen-bond donors (Lipinski definition) is 2. The number of nitrogens with one attached hydrogen (secondary N) is 2. The number of aromatic nitrogens is 1. The highest BCUT2D eigenvalue weighted by Gasteiger charge is 2.23. The largest absolute Gasteiger partial charge is 0.453 e. The molecule has 25 heavy (non-hydrogen) atoms. The number of methoxy groups -OCH3 is 1. The quantitative estimate of drug-likeness (QED) is 0.829. The number of anilines is 2. The summed E-state index contributed by atoms with van der Waals surface area (Å²) in [5.41, 5.74) is 1.32. The Morgan fingerprint density at radius 2 is 2.00 bits per heavy atom. The summed E-state index contributed by atoms with van der Waals surface area (Å²) in [6.07, 6.45) is 3.82. The van der Waals surface area contributed by atoms with Crippen molar-refractivity contribution >= 4 is 23.4 Å². The lowest BCUT2D eigenvalue weighted by atomic mass is 10.1. The molecule has 0 spiro atoms. The smallest absolute Gasteiger partial charge is 0.411 e. The number of nitrogens with zero attached hydrogens (tertiary/aromatic N) is 1. The maximum atomic E-state index is 13.7. The van der Waals surface area contributed by atoms with Gasteiger partial charge in [-0.25, -0.2) is 9.18 Å². The van der Waals surface area contributed by atoms with Gasteiger partial charge in [-0.1, -0.05) is 11.6 Å². The van der Waals surface area contributed by atoms with Gasteiger partial charge in [-0.05, 0) is 37.5 Å². The van der Waals surface area contributed by atoms with E-state index in [1.165, 1.54) is 19.2 Å². The van der Waals surface area contributed by atoms with Gasteiger partial charge in [-0.2, -0.15) is 0 Å². The molecule has 0 fully saturated rings. The lowest BCUT2D eigenvalue weighted by Crippen LogP contribution is -2.16. The molecular weight excluding hydrogens is 329 g/mol. The average Bonchev–Trinajstić information content (AvgIpc) is 2.86. The van der Waals surface area contributed by atoms with Crippen LogP contribution in [-0.2, 0) is 17.6 Å². The van der Waals surface area contributed by atoms with Gasteiger partial charge in [0.1, 0.15) is 11.6 Å². The molecule has 0 atom stereocenters. The van der Waals surface area contributed by atoms with Gasteiger partial charge in [0.2, 0.25) is 0 Å². The summed E-state index contributed by atoms with van der Waals surface area (Å²) < 4.78 is 23.5. The Morgan fingerprint density at radius 1 is 1.20 bits per heavy atom. The Balaban J connectivity index is 1.78. The van der Waals surface area contributed by atoms with Gasteiger partial charge in [0.05, 0.1) is 12.8 Å². The first-order valence-electron chi connectivity index (χ1n) is 8.02. The number of halogens is 1. The third-order valence-electron chi connectivity index (χ3n) is 4.06. The SMILES string of the molecule is COC(=O)Nc1cc(NC(=O)c2noc3c2CCCCC3)ccc1F. The summed E-state index contributed by atoms with van der Waals surface area (Å²) >= 11 is 0. The third-order valence-corrected chi connectivity index (χ3v) is 4.06. The van der Waals surface area contributed by atoms with Gasteiger partial charge in [0, 0.05) is 17.7 Å². The zero-order valence-corrected chi connectivity index (χ0v) is 13.7. The first kappa shape index (κ1) is 16.9. The number of aryl methyl sites for hydroxylation is 1. The molecule has 2 N–H and O–H groups in total. The number of carbonyl (C=O) groups is 2. The highest BCUT2D eigenvalue weighted by Crippen LogP contribution is 2.25. The van der Waals surface area contributed by atoms with Crippen LogP contribution < -0.4 is 10.6 Å². The van der Waals surface area contributed by atoms with Crippen molar-refractivity contribution in [3.8, 4) is 0 Å². The number of hydrogen-bond acceptors (Lipinski definition) is 5. The molecule has 1 aromatic heterocycles. The molecule has 0 aliphatic heterocycles. The van der Waals surface area contributed by atoms with Crippen molar-refractivity contribution in [3.05, 3.63) is 41.0 Å². The molecule has 3 rings (SSSR count). The van der Waals surface area contributed by atoms with Crippen molar-refractivity contribution in [1.29, 1.82) is 0 Å². The van der Waals surface area contributed by atoms with Gasteiger partial charge in [0.15, 0.2) is 5.69 Å². The fraction of sp³-hybridized carbons (Fsp3) is 0.353. The van der Waals surface area contributed by atoms with E-state index in [1.54, 1.807) is 0 Å². The van der Waals surface area contributed by atoms with Crippen molar-refractivity contribution in [1.82, 2.24) is 5.16 Å². The van der Waals surface area contributed by atoms with Crippen LogP contribution in [0.3, 0.4) is 0 Å². The lowest BCUT2D eigenvalue weighted by molar-refractivity contribution is 0.101. The average molecular weight is 347 g/mol. The topological polar surface area (TPSA) is 93.5 Å². The highest BCUT2D eigenvalue weighted by molar-refractivity contribution is 6.04. The minimum absolute atomic E-state index is 0.0939. The van der Waals surface area contributed by atoms with Crippen LogP contribution in [0.25, 0.3) is 0 Å². The highest BCUT2D eigenvalue weighted by atomic mass is 19.1. The van der Waals surface area contributed by atoms with Crippen molar-refractivity contribution in [2.45, 2.75) is 32.1 Å². The summed E-state index contributed by atoms with van der Waals surface area (Å²) in [4.78, 5) is 23.7. The second-order valence-electron chi connectivity index (χ2n) is 5.76. The maximum absolute atomic E-state index is 13.7. The van der Waals surface area contributed by atoms with Crippen LogP contribution in [0.4, 0.5) is 20.6 Å². The van der Waals surface area contributed by atoms with Gasteiger partial charge in [0.25, 0.3) is 5.91 Å². The van der Waals surface area contributed by atoms with Crippen LogP contribution in [-0.4, -0.2) is 24.3 Å². The molecule has 0 saturated carbocycles. The van der Waals surface area contributed by atoms with E-state index in [-0.39, 0.29) is 11.4 Å². The maximum Gasteiger partial charge on any atom is 0.411 e. The Hall–Kier alpha value is -2.90. The minimum atomic E-state index is -0.802. The molecule has 132 valence electrons. The molecule has 1 aromatic carbocycles. The van der Waals surface area contributed by atoms with Crippen LogP contribution in [0.5, 0.6) is 0 Å². The van der Waals surface area contributed by atoms with E-state index < -0.39 is 17.8 Å².